The first kappa shape index (κ1) is 19.4. The highest BCUT2D eigenvalue weighted by Gasteiger charge is 2.10. The number of carbonyl (C=O) groups is 1. The predicted octanol–water partition coefficient (Wildman–Crippen LogP) is 2.83. The number of nitrogens with one attached hydrogen (secondary N) is 1. The Hall–Kier alpha value is -2.37. The van der Waals surface area contributed by atoms with E-state index >= 15 is 0 Å². The molecule has 0 aromatic heterocycles. The lowest BCUT2D eigenvalue weighted by Gasteiger charge is -2.26. The molecule has 27 heavy (non-hydrogen) atoms. The van der Waals surface area contributed by atoms with Gasteiger partial charge in [-0.3, -0.25) is 9.69 Å². The lowest BCUT2D eigenvalue weighted by molar-refractivity contribution is -0.123. The van der Waals surface area contributed by atoms with Crippen molar-refractivity contribution in [1.82, 2.24) is 10.2 Å². The van der Waals surface area contributed by atoms with Gasteiger partial charge in [-0.05, 0) is 42.2 Å². The van der Waals surface area contributed by atoms with Crippen LogP contribution in [0.3, 0.4) is 0 Å². The molecule has 0 atom stereocenters. The van der Waals surface area contributed by atoms with Crippen LogP contribution in [0.4, 0.5) is 0 Å². The van der Waals surface area contributed by atoms with Crippen LogP contribution < -0.4 is 10.1 Å². The van der Waals surface area contributed by atoms with Crippen LogP contribution in [0.1, 0.15) is 22.3 Å². The van der Waals surface area contributed by atoms with Crippen molar-refractivity contribution in [2.75, 3.05) is 32.9 Å². The highest BCUT2D eigenvalue weighted by molar-refractivity contribution is 5.77. The number of nitrogens with zero attached hydrogens (tertiary/aromatic N) is 1. The quantitative estimate of drug-likeness (QED) is 0.817. The van der Waals surface area contributed by atoms with Crippen LogP contribution in [0.15, 0.2) is 42.5 Å². The summed E-state index contributed by atoms with van der Waals surface area (Å²) < 4.78 is 11.0. The van der Waals surface area contributed by atoms with Crippen molar-refractivity contribution in [2.45, 2.75) is 26.9 Å². The number of amides is 1. The number of rotatable bonds is 7. The molecule has 1 heterocycles. The molecular formula is C22H28N2O3. The number of carbonyl (C=O) groups excluding carboxylic acids is 1. The summed E-state index contributed by atoms with van der Waals surface area (Å²) in [5.74, 6) is 0.644. The molecule has 144 valence electrons. The molecule has 2 aromatic rings. The van der Waals surface area contributed by atoms with E-state index in [0.29, 0.717) is 6.54 Å². The van der Waals surface area contributed by atoms with Crippen molar-refractivity contribution in [3.8, 4) is 5.75 Å². The largest absolute Gasteiger partial charge is 0.483 e. The molecule has 0 saturated carbocycles. The first-order chi connectivity index (χ1) is 13.1. The Morgan fingerprint density at radius 3 is 2.52 bits per heavy atom. The number of hydrogen-bond acceptors (Lipinski definition) is 4. The summed E-state index contributed by atoms with van der Waals surface area (Å²) in [6.07, 6.45) is 0. The monoisotopic (exact) mass is 368 g/mol. The third-order valence-electron chi connectivity index (χ3n) is 4.72. The van der Waals surface area contributed by atoms with Crippen molar-refractivity contribution < 1.29 is 14.3 Å². The Bertz CT molecular complexity index is 753. The summed E-state index contributed by atoms with van der Waals surface area (Å²) in [4.78, 5) is 14.5. The number of benzene rings is 2. The minimum atomic E-state index is -0.117. The van der Waals surface area contributed by atoms with Crippen molar-refractivity contribution in [2.24, 2.45) is 0 Å². The summed E-state index contributed by atoms with van der Waals surface area (Å²) in [5.41, 5.74) is 4.52. The fraction of sp³-hybridized carbons (Fsp3) is 0.409. The van der Waals surface area contributed by atoms with E-state index in [0.717, 1.165) is 55.3 Å². The second-order valence-corrected chi connectivity index (χ2v) is 7.04. The number of aryl methyl sites for hydroxylation is 2. The van der Waals surface area contributed by atoms with E-state index in [1.165, 1.54) is 5.56 Å². The first-order valence-corrected chi connectivity index (χ1v) is 9.45. The van der Waals surface area contributed by atoms with Gasteiger partial charge < -0.3 is 14.8 Å². The van der Waals surface area contributed by atoms with Crippen molar-refractivity contribution in [3.63, 3.8) is 0 Å². The van der Waals surface area contributed by atoms with Gasteiger partial charge in [0.05, 0.1) is 13.2 Å². The molecule has 5 heteroatoms. The van der Waals surface area contributed by atoms with Gasteiger partial charge >= 0.3 is 0 Å². The van der Waals surface area contributed by atoms with Crippen LogP contribution in [0.25, 0.3) is 0 Å². The maximum Gasteiger partial charge on any atom is 0.258 e. The van der Waals surface area contributed by atoms with Gasteiger partial charge in [0.2, 0.25) is 0 Å². The molecular weight excluding hydrogens is 340 g/mol. The maximum absolute atomic E-state index is 12.1. The lowest BCUT2D eigenvalue weighted by Crippen LogP contribution is -2.35. The fourth-order valence-corrected chi connectivity index (χ4v) is 3.04. The van der Waals surface area contributed by atoms with Gasteiger partial charge in [-0.25, -0.2) is 0 Å². The molecule has 5 nitrogen and oxygen atoms in total. The molecule has 0 spiro atoms. The smallest absolute Gasteiger partial charge is 0.258 e. The van der Waals surface area contributed by atoms with Gasteiger partial charge in [0, 0.05) is 26.2 Å². The third kappa shape index (κ3) is 6.08. The van der Waals surface area contributed by atoms with E-state index in [-0.39, 0.29) is 12.5 Å². The topological polar surface area (TPSA) is 50.8 Å². The Morgan fingerprint density at radius 1 is 1.07 bits per heavy atom. The zero-order valence-corrected chi connectivity index (χ0v) is 16.2. The highest BCUT2D eigenvalue weighted by Crippen LogP contribution is 2.18. The van der Waals surface area contributed by atoms with Crippen LogP contribution in [0, 0.1) is 13.8 Å². The average molecular weight is 368 g/mol. The van der Waals surface area contributed by atoms with E-state index in [1.54, 1.807) is 0 Å². The van der Waals surface area contributed by atoms with Gasteiger partial charge in [0.25, 0.3) is 5.91 Å². The molecule has 0 radical (unpaired) electrons. The molecule has 1 amide bonds. The molecule has 3 rings (SSSR count). The standard InChI is InChI=1S/C22H28N2O3/c1-17-3-4-18(2)21(13-17)27-16-22(25)23-14-19-5-7-20(8-6-19)15-24-9-11-26-12-10-24/h3-8,13H,9-12,14-16H2,1-2H3,(H,23,25). The van der Waals surface area contributed by atoms with Crippen molar-refractivity contribution in [1.29, 1.82) is 0 Å². The van der Waals surface area contributed by atoms with Gasteiger partial charge in [-0.1, -0.05) is 36.4 Å². The molecule has 2 aromatic carbocycles. The summed E-state index contributed by atoms with van der Waals surface area (Å²) >= 11 is 0. The second kappa shape index (κ2) is 9.53. The summed E-state index contributed by atoms with van der Waals surface area (Å²) in [5, 5.41) is 2.91. The molecule has 0 unspecified atom stereocenters. The van der Waals surface area contributed by atoms with Gasteiger partial charge in [0.1, 0.15) is 5.75 Å². The third-order valence-corrected chi connectivity index (χ3v) is 4.72. The SMILES string of the molecule is Cc1ccc(C)c(OCC(=O)NCc2ccc(CN3CCOCC3)cc2)c1. The summed E-state index contributed by atoms with van der Waals surface area (Å²) in [6.45, 7) is 9.06. The first-order valence-electron chi connectivity index (χ1n) is 9.45. The summed E-state index contributed by atoms with van der Waals surface area (Å²) in [6, 6.07) is 14.4. The molecule has 1 aliphatic rings. The Morgan fingerprint density at radius 2 is 1.78 bits per heavy atom. The van der Waals surface area contributed by atoms with E-state index in [2.05, 4.69) is 34.5 Å². The van der Waals surface area contributed by atoms with E-state index < -0.39 is 0 Å². The van der Waals surface area contributed by atoms with Gasteiger partial charge in [-0.2, -0.15) is 0 Å². The van der Waals surface area contributed by atoms with Crippen molar-refractivity contribution in [3.05, 3.63) is 64.7 Å². The Labute approximate surface area is 161 Å². The van der Waals surface area contributed by atoms with Crippen LogP contribution >= 0.6 is 0 Å². The van der Waals surface area contributed by atoms with Crippen LogP contribution in [-0.4, -0.2) is 43.7 Å². The highest BCUT2D eigenvalue weighted by atomic mass is 16.5. The van der Waals surface area contributed by atoms with E-state index in [9.17, 15) is 4.79 Å². The lowest BCUT2D eigenvalue weighted by atomic mass is 10.1. The zero-order chi connectivity index (χ0) is 19.1. The number of morpholine rings is 1. The van der Waals surface area contributed by atoms with Crippen LogP contribution in [-0.2, 0) is 22.6 Å². The van der Waals surface area contributed by atoms with Crippen molar-refractivity contribution >= 4 is 5.91 Å². The summed E-state index contributed by atoms with van der Waals surface area (Å²) in [7, 11) is 0. The van der Waals surface area contributed by atoms with Gasteiger partial charge in [0.15, 0.2) is 6.61 Å². The van der Waals surface area contributed by atoms with Crippen LogP contribution in [0.5, 0.6) is 5.75 Å². The van der Waals surface area contributed by atoms with E-state index in [1.807, 2.05) is 32.0 Å². The fourth-order valence-electron chi connectivity index (χ4n) is 3.04. The molecule has 1 fully saturated rings. The molecule has 0 bridgehead atoms. The average Bonchev–Trinajstić information content (AvgIpc) is 2.69. The minimum Gasteiger partial charge on any atom is -0.483 e. The Kier molecular flexibility index (Phi) is 6.85. The number of hydrogen-bond donors (Lipinski definition) is 1. The van der Waals surface area contributed by atoms with Crippen LogP contribution in [0.2, 0.25) is 0 Å². The minimum absolute atomic E-state index is 0.0272. The molecule has 1 saturated heterocycles. The van der Waals surface area contributed by atoms with Gasteiger partial charge in [-0.15, -0.1) is 0 Å². The predicted molar refractivity (Wildman–Crippen MR) is 106 cm³/mol. The normalized spacial score (nSPS) is 14.7. The zero-order valence-electron chi connectivity index (χ0n) is 16.2. The molecule has 1 aliphatic heterocycles. The van der Waals surface area contributed by atoms with E-state index in [4.69, 9.17) is 9.47 Å². The second-order valence-electron chi connectivity index (χ2n) is 7.04. The Balaban J connectivity index is 1.42. The number of ether oxygens (including phenoxy) is 2. The molecule has 0 aliphatic carbocycles. The maximum atomic E-state index is 12.1. The molecule has 1 N–H and O–H groups in total.